The van der Waals surface area contributed by atoms with Gasteiger partial charge in [0.05, 0.1) is 18.9 Å². The van der Waals surface area contributed by atoms with Crippen molar-refractivity contribution in [1.29, 1.82) is 0 Å². The Morgan fingerprint density at radius 2 is 2.00 bits per heavy atom. The van der Waals surface area contributed by atoms with Crippen molar-refractivity contribution in [1.82, 2.24) is 14.7 Å². The van der Waals surface area contributed by atoms with Gasteiger partial charge in [-0.3, -0.25) is 9.58 Å². The van der Waals surface area contributed by atoms with Crippen LogP contribution in [0.15, 0.2) is 12.3 Å². The lowest BCUT2D eigenvalue weighted by Gasteiger charge is -2.18. The topological polar surface area (TPSA) is 61.5 Å². The zero-order valence-corrected chi connectivity index (χ0v) is 10.7. The van der Waals surface area contributed by atoms with Crippen LogP contribution < -0.4 is 0 Å². The zero-order valence-electron chi connectivity index (χ0n) is 10.7. The summed E-state index contributed by atoms with van der Waals surface area (Å²) in [4.78, 5) is 1.99. The number of aliphatic hydroxyl groups is 2. The third kappa shape index (κ3) is 4.46. The third-order valence-corrected chi connectivity index (χ3v) is 2.92. The van der Waals surface area contributed by atoms with Gasteiger partial charge < -0.3 is 10.2 Å². The first kappa shape index (κ1) is 14.2. The van der Waals surface area contributed by atoms with Gasteiger partial charge in [0.15, 0.2) is 0 Å². The molecular weight excluding hydrogens is 218 g/mol. The molecular formula is C12H23N3O2. The van der Waals surface area contributed by atoms with Gasteiger partial charge in [0.25, 0.3) is 0 Å². The molecule has 2 N–H and O–H groups in total. The Morgan fingerprint density at radius 3 is 2.53 bits per heavy atom. The van der Waals surface area contributed by atoms with E-state index in [2.05, 4.69) is 18.9 Å². The molecule has 1 aromatic rings. The van der Waals surface area contributed by atoms with Crippen LogP contribution in [0.25, 0.3) is 0 Å². The summed E-state index contributed by atoms with van der Waals surface area (Å²) in [6.45, 7) is 6.28. The second-order valence-electron chi connectivity index (χ2n) is 4.27. The van der Waals surface area contributed by atoms with Crippen molar-refractivity contribution in [2.45, 2.75) is 32.9 Å². The van der Waals surface area contributed by atoms with Crippen LogP contribution >= 0.6 is 0 Å². The standard InChI is InChI=1S/C12H23N3O2/c1-3-11(2)15-5-4-12(13-15)10-14(6-8-16)7-9-17/h4-5,11,16-17H,3,6-10H2,1-2H3. The van der Waals surface area contributed by atoms with E-state index in [1.807, 2.05) is 21.8 Å². The van der Waals surface area contributed by atoms with Crippen molar-refractivity contribution in [3.8, 4) is 0 Å². The molecule has 1 aromatic heterocycles. The van der Waals surface area contributed by atoms with E-state index in [0.29, 0.717) is 25.7 Å². The first-order valence-corrected chi connectivity index (χ1v) is 6.19. The van der Waals surface area contributed by atoms with Gasteiger partial charge in [0, 0.05) is 31.9 Å². The molecule has 0 spiro atoms. The summed E-state index contributed by atoms with van der Waals surface area (Å²) in [5, 5.41) is 22.3. The summed E-state index contributed by atoms with van der Waals surface area (Å²) in [5.74, 6) is 0. The summed E-state index contributed by atoms with van der Waals surface area (Å²) in [5.41, 5.74) is 0.979. The van der Waals surface area contributed by atoms with Crippen LogP contribution in [-0.4, -0.2) is 51.2 Å². The summed E-state index contributed by atoms with van der Waals surface area (Å²) in [6, 6.07) is 2.40. The highest BCUT2D eigenvalue weighted by Crippen LogP contribution is 2.10. The quantitative estimate of drug-likeness (QED) is 0.701. The van der Waals surface area contributed by atoms with Gasteiger partial charge in [-0.2, -0.15) is 5.10 Å². The lowest BCUT2D eigenvalue weighted by atomic mass is 10.3. The number of aromatic nitrogens is 2. The normalized spacial score (nSPS) is 13.2. The molecule has 0 amide bonds. The van der Waals surface area contributed by atoms with E-state index >= 15 is 0 Å². The van der Waals surface area contributed by atoms with Crippen LogP contribution in [0.2, 0.25) is 0 Å². The third-order valence-electron chi connectivity index (χ3n) is 2.92. The van der Waals surface area contributed by atoms with Crippen molar-refractivity contribution in [3.05, 3.63) is 18.0 Å². The summed E-state index contributed by atoms with van der Waals surface area (Å²) in [6.07, 6.45) is 3.04. The van der Waals surface area contributed by atoms with Crippen molar-refractivity contribution >= 4 is 0 Å². The molecule has 17 heavy (non-hydrogen) atoms. The van der Waals surface area contributed by atoms with Crippen LogP contribution in [0.3, 0.4) is 0 Å². The molecule has 0 bridgehead atoms. The van der Waals surface area contributed by atoms with E-state index in [9.17, 15) is 0 Å². The highest BCUT2D eigenvalue weighted by Gasteiger charge is 2.09. The van der Waals surface area contributed by atoms with Crippen molar-refractivity contribution < 1.29 is 10.2 Å². The molecule has 5 heteroatoms. The van der Waals surface area contributed by atoms with Crippen LogP contribution in [0, 0.1) is 0 Å². The lowest BCUT2D eigenvalue weighted by molar-refractivity contribution is 0.154. The molecule has 0 fully saturated rings. The molecule has 1 rings (SSSR count). The number of hydrogen-bond acceptors (Lipinski definition) is 4. The van der Waals surface area contributed by atoms with Gasteiger partial charge in [-0.05, 0) is 19.4 Å². The Kier molecular flexibility index (Phi) is 6.18. The number of rotatable bonds is 8. The van der Waals surface area contributed by atoms with Gasteiger partial charge in [-0.15, -0.1) is 0 Å². The van der Waals surface area contributed by atoms with Gasteiger partial charge in [-0.1, -0.05) is 6.92 Å². The SMILES string of the molecule is CCC(C)n1ccc(CN(CCO)CCO)n1. The molecule has 0 radical (unpaired) electrons. The largest absolute Gasteiger partial charge is 0.395 e. The average Bonchev–Trinajstić information content (AvgIpc) is 2.77. The van der Waals surface area contributed by atoms with E-state index in [4.69, 9.17) is 10.2 Å². The Labute approximate surface area is 103 Å². The Hall–Kier alpha value is -0.910. The molecule has 0 aromatic carbocycles. The maximum atomic E-state index is 8.92. The van der Waals surface area contributed by atoms with Crippen molar-refractivity contribution in [2.24, 2.45) is 0 Å². The second-order valence-corrected chi connectivity index (χ2v) is 4.27. The minimum Gasteiger partial charge on any atom is -0.395 e. The van der Waals surface area contributed by atoms with E-state index in [0.717, 1.165) is 12.1 Å². The minimum atomic E-state index is 0.103. The molecule has 0 aliphatic carbocycles. The highest BCUT2D eigenvalue weighted by atomic mass is 16.3. The number of aliphatic hydroxyl groups excluding tert-OH is 2. The number of hydrogen-bond donors (Lipinski definition) is 2. The van der Waals surface area contributed by atoms with E-state index in [1.165, 1.54) is 0 Å². The molecule has 0 saturated carbocycles. The first-order valence-electron chi connectivity index (χ1n) is 6.19. The van der Waals surface area contributed by atoms with E-state index < -0.39 is 0 Å². The molecule has 1 heterocycles. The molecule has 0 aliphatic heterocycles. The van der Waals surface area contributed by atoms with Gasteiger partial charge in [0.1, 0.15) is 0 Å². The average molecular weight is 241 g/mol. The first-order chi connectivity index (χ1) is 8.21. The summed E-state index contributed by atoms with van der Waals surface area (Å²) >= 11 is 0. The molecule has 98 valence electrons. The minimum absolute atomic E-state index is 0.103. The van der Waals surface area contributed by atoms with E-state index in [1.54, 1.807) is 0 Å². The molecule has 1 atom stereocenters. The predicted octanol–water partition coefficient (Wildman–Crippen LogP) is 0.641. The van der Waals surface area contributed by atoms with Gasteiger partial charge in [-0.25, -0.2) is 0 Å². The fourth-order valence-electron chi connectivity index (χ4n) is 1.68. The molecule has 1 unspecified atom stereocenters. The smallest absolute Gasteiger partial charge is 0.0764 e. The van der Waals surface area contributed by atoms with Crippen LogP contribution in [-0.2, 0) is 6.54 Å². The predicted molar refractivity (Wildman–Crippen MR) is 66.7 cm³/mol. The fraction of sp³-hybridized carbons (Fsp3) is 0.750. The van der Waals surface area contributed by atoms with Gasteiger partial charge in [0.2, 0.25) is 0 Å². The zero-order chi connectivity index (χ0) is 12.7. The van der Waals surface area contributed by atoms with Crippen LogP contribution in [0.4, 0.5) is 0 Å². The summed E-state index contributed by atoms with van der Waals surface area (Å²) in [7, 11) is 0. The summed E-state index contributed by atoms with van der Waals surface area (Å²) < 4.78 is 1.96. The van der Waals surface area contributed by atoms with E-state index in [-0.39, 0.29) is 13.2 Å². The Balaban J connectivity index is 2.56. The maximum absolute atomic E-state index is 8.92. The Morgan fingerprint density at radius 1 is 1.35 bits per heavy atom. The van der Waals surface area contributed by atoms with Crippen molar-refractivity contribution in [3.63, 3.8) is 0 Å². The lowest BCUT2D eigenvalue weighted by Crippen LogP contribution is -2.29. The maximum Gasteiger partial charge on any atom is 0.0764 e. The molecule has 0 saturated heterocycles. The van der Waals surface area contributed by atoms with Crippen LogP contribution in [0.1, 0.15) is 32.0 Å². The van der Waals surface area contributed by atoms with Crippen molar-refractivity contribution in [2.75, 3.05) is 26.3 Å². The Bertz CT molecular complexity index is 308. The fourth-order valence-corrected chi connectivity index (χ4v) is 1.68. The number of nitrogens with zero attached hydrogens (tertiary/aromatic N) is 3. The highest BCUT2D eigenvalue weighted by molar-refractivity contribution is 4.99. The van der Waals surface area contributed by atoms with Gasteiger partial charge >= 0.3 is 0 Å². The monoisotopic (exact) mass is 241 g/mol. The molecule has 0 aliphatic rings. The second kappa shape index (κ2) is 7.42. The van der Waals surface area contributed by atoms with Crippen LogP contribution in [0.5, 0.6) is 0 Å². The molecule has 5 nitrogen and oxygen atoms in total.